The van der Waals surface area contributed by atoms with Crippen molar-refractivity contribution in [2.45, 2.75) is 64.2 Å². The van der Waals surface area contributed by atoms with Gasteiger partial charge < -0.3 is 4.42 Å². The van der Waals surface area contributed by atoms with Gasteiger partial charge in [-0.05, 0) is 72.8 Å². The highest BCUT2D eigenvalue weighted by atomic mass is 16.3. The quantitative estimate of drug-likeness (QED) is 0.703. The van der Waals surface area contributed by atoms with Gasteiger partial charge in [-0.25, -0.2) is 0 Å². The third-order valence-electron chi connectivity index (χ3n) is 7.75. The maximum atomic E-state index is 12.3. The molecule has 21 heavy (non-hydrogen) atoms. The lowest BCUT2D eigenvalue weighted by Crippen LogP contribution is -2.50. The number of ketones is 1. The summed E-state index contributed by atoms with van der Waals surface area (Å²) in [5.74, 6) is 3.66. The molecule has 3 fully saturated rings. The van der Waals surface area contributed by atoms with E-state index in [1.807, 2.05) is 6.26 Å². The van der Waals surface area contributed by atoms with Gasteiger partial charge in [0, 0.05) is 18.8 Å². The van der Waals surface area contributed by atoms with Gasteiger partial charge in [-0.1, -0.05) is 6.92 Å². The predicted molar refractivity (Wildman–Crippen MR) is 80.0 cm³/mol. The van der Waals surface area contributed by atoms with Crippen molar-refractivity contribution >= 4 is 5.78 Å². The number of carbonyl (C=O) groups excluding carboxylic acids is 1. The van der Waals surface area contributed by atoms with Crippen molar-refractivity contribution < 1.29 is 9.21 Å². The Morgan fingerprint density at radius 3 is 3.05 bits per heavy atom. The molecule has 4 aliphatic carbocycles. The van der Waals surface area contributed by atoms with Crippen molar-refractivity contribution in [3.63, 3.8) is 0 Å². The van der Waals surface area contributed by atoms with Gasteiger partial charge in [0.25, 0.3) is 0 Å². The lowest BCUT2D eigenvalue weighted by Gasteiger charge is -2.59. The van der Waals surface area contributed by atoms with Gasteiger partial charge in [-0.3, -0.25) is 4.79 Å². The second kappa shape index (κ2) is 3.83. The van der Waals surface area contributed by atoms with E-state index in [-0.39, 0.29) is 0 Å². The fraction of sp³-hybridized carbons (Fsp3) is 0.737. The maximum absolute atomic E-state index is 12.3. The molecule has 5 rings (SSSR count). The molecule has 0 aromatic carbocycles. The van der Waals surface area contributed by atoms with Crippen LogP contribution in [-0.4, -0.2) is 5.78 Å². The Labute approximate surface area is 126 Å². The minimum atomic E-state index is 0.368. The van der Waals surface area contributed by atoms with Crippen LogP contribution in [0.4, 0.5) is 0 Å². The van der Waals surface area contributed by atoms with Crippen LogP contribution in [0.15, 0.2) is 16.7 Å². The van der Waals surface area contributed by atoms with Crippen LogP contribution in [0, 0.1) is 22.7 Å². The van der Waals surface area contributed by atoms with Gasteiger partial charge in [0.15, 0.2) is 0 Å². The summed E-state index contributed by atoms with van der Waals surface area (Å²) in [6.07, 6.45) is 11.3. The lowest BCUT2D eigenvalue weighted by molar-refractivity contribution is -0.121. The third kappa shape index (κ3) is 1.42. The highest BCUT2D eigenvalue weighted by Crippen LogP contribution is 2.69. The molecule has 2 nitrogen and oxygen atoms in total. The number of Topliss-reactive ketones (excluding diaryl/α,β-unsaturated/α-hetero) is 1. The first-order valence-corrected chi connectivity index (χ1v) is 8.71. The molecule has 3 saturated carbocycles. The van der Waals surface area contributed by atoms with Crippen molar-refractivity contribution in [1.29, 1.82) is 0 Å². The van der Waals surface area contributed by atoms with Gasteiger partial charge in [-0.15, -0.1) is 0 Å². The van der Waals surface area contributed by atoms with Gasteiger partial charge in [0.1, 0.15) is 11.5 Å². The topological polar surface area (TPSA) is 30.2 Å². The summed E-state index contributed by atoms with van der Waals surface area (Å²) in [5.41, 5.74) is 2.25. The zero-order valence-corrected chi connectivity index (χ0v) is 12.9. The van der Waals surface area contributed by atoms with E-state index >= 15 is 0 Å². The van der Waals surface area contributed by atoms with Gasteiger partial charge >= 0.3 is 0 Å². The van der Waals surface area contributed by atoms with Crippen LogP contribution >= 0.6 is 0 Å². The molecule has 112 valence electrons. The van der Waals surface area contributed by atoms with Crippen molar-refractivity contribution in [3.05, 3.63) is 23.7 Å². The summed E-state index contributed by atoms with van der Waals surface area (Å²) in [6.45, 7) is 2.53. The number of hydrogen-bond acceptors (Lipinski definition) is 2. The number of fused-ring (bicyclic) bond motifs is 5. The second-order valence-electron chi connectivity index (χ2n) is 8.43. The second-order valence-corrected chi connectivity index (χ2v) is 8.43. The molecule has 2 heteroatoms. The molecule has 0 amide bonds. The summed E-state index contributed by atoms with van der Waals surface area (Å²) >= 11 is 0. The summed E-state index contributed by atoms with van der Waals surface area (Å²) < 4.78 is 5.71. The average Bonchev–Trinajstić information content (AvgIpc) is 3.02. The Kier molecular flexibility index (Phi) is 2.28. The highest BCUT2D eigenvalue weighted by Gasteiger charge is 2.62. The van der Waals surface area contributed by atoms with Crippen LogP contribution in [0.1, 0.15) is 69.1 Å². The largest absolute Gasteiger partial charge is 0.469 e. The molecule has 5 atom stereocenters. The van der Waals surface area contributed by atoms with E-state index in [0.29, 0.717) is 28.4 Å². The first-order chi connectivity index (χ1) is 10.1. The van der Waals surface area contributed by atoms with E-state index in [1.54, 1.807) is 0 Å². The van der Waals surface area contributed by atoms with Crippen molar-refractivity contribution in [3.8, 4) is 0 Å². The van der Waals surface area contributed by atoms with Gasteiger partial charge in [0.2, 0.25) is 0 Å². The third-order valence-corrected chi connectivity index (χ3v) is 7.75. The Morgan fingerprint density at radius 1 is 1.24 bits per heavy atom. The van der Waals surface area contributed by atoms with Crippen LogP contribution in [0.2, 0.25) is 0 Å². The summed E-state index contributed by atoms with van der Waals surface area (Å²) in [7, 11) is 0. The molecule has 0 aliphatic heterocycles. The van der Waals surface area contributed by atoms with E-state index in [9.17, 15) is 4.79 Å². The fourth-order valence-corrected chi connectivity index (χ4v) is 6.88. The normalized spacial score (nSPS) is 47.7. The van der Waals surface area contributed by atoms with Crippen LogP contribution < -0.4 is 0 Å². The standard InChI is InChI=1S/C19H24O2/c1-18-7-5-16-13(6-9-21-16)14(18)4-8-19-10-12(15(20)11-19)2-3-17(18)19/h6,9,12,14,17H,2-5,7-8,10-11H2,1H3/t12-,14+,17?,18+,19-/m0/s1. The molecule has 0 N–H and O–H groups in total. The Bertz CT molecular complexity index is 615. The van der Waals surface area contributed by atoms with Crippen molar-refractivity contribution in [2.75, 3.05) is 0 Å². The molecule has 1 aromatic heterocycles. The Morgan fingerprint density at radius 2 is 2.14 bits per heavy atom. The minimum Gasteiger partial charge on any atom is -0.469 e. The first kappa shape index (κ1) is 12.5. The number of rotatable bonds is 0. The minimum absolute atomic E-state index is 0.368. The van der Waals surface area contributed by atoms with Gasteiger partial charge in [0.05, 0.1) is 6.26 Å². The number of carbonyl (C=O) groups is 1. The highest BCUT2D eigenvalue weighted by molar-refractivity contribution is 5.84. The molecule has 1 aromatic rings. The van der Waals surface area contributed by atoms with Crippen molar-refractivity contribution in [2.24, 2.45) is 22.7 Å². The van der Waals surface area contributed by atoms with Crippen molar-refractivity contribution in [1.82, 2.24) is 0 Å². The molecule has 2 bridgehead atoms. The SMILES string of the molecule is C[C@@]12CCc3occc3[C@H]1CC[C@]13CC(=O)[C@@H](CCC12)C3. The van der Waals surface area contributed by atoms with Crippen LogP contribution in [0.3, 0.4) is 0 Å². The molecule has 0 radical (unpaired) electrons. The maximum Gasteiger partial charge on any atom is 0.136 e. The van der Waals surface area contributed by atoms with Crippen LogP contribution in [0.5, 0.6) is 0 Å². The van der Waals surface area contributed by atoms with Gasteiger partial charge in [-0.2, -0.15) is 0 Å². The molecule has 1 unspecified atom stereocenters. The summed E-state index contributed by atoms with van der Waals surface area (Å²) in [5, 5.41) is 0. The molecule has 4 aliphatic rings. The number of hydrogen-bond donors (Lipinski definition) is 0. The first-order valence-electron chi connectivity index (χ1n) is 8.71. The van der Waals surface area contributed by atoms with E-state index in [4.69, 9.17) is 4.42 Å². The molecule has 0 saturated heterocycles. The summed E-state index contributed by atoms with van der Waals surface area (Å²) in [4.78, 5) is 12.3. The Balaban J connectivity index is 1.60. The van der Waals surface area contributed by atoms with Crippen LogP contribution in [-0.2, 0) is 11.2 Å². The summed E-state index contributed by atoms with van der Waals surface area (Å²) in [6, 6.07) is 2.22. The predicted octanol–water partition coefficient (Wildman–Crippen LogP) is 4.49. The van der Waals surface area contributed by atoms with E-state index < -0.39 is 0 Å². The number of aryl methyl sites for hydroxylation is 1. The van der Waals surface area contributed by atoms with E-state index in [0.717, 1.165) is 25.2 Å². The molecular formula is C19H24O2. The smallest absolute Gasteiger partial charge is 0.136 e. The lowest BCUT2D eigenvalue weighted by atomic mass is 9.45. The van der Waals surface area contributed by atoms with E-state index in [2.05, 4.69) is 13.0 Å². The molecule has 1 spiro atoms. The zero-order valence-electron chi connectivity index (χ0n) is 12.9. The molecular weight excluding hydrogens is 260 g/mol. The fourth-order valence-electron chi connectivity index (χ4n) is 6.88. The van der Waals surface area contributed by atoms with Crippen LogP contribution in [0.25, 0.3) is 0 Å². The zero-order chi connectivity index (χ0) is 14.2. The molecule has 1 heterocycles. The van der Waals surface area contributed by atoms with E-state index in [1.165, 1.54) is 43.4 Å². The average molecular weight is 284 g/mol. The monoisotopic (exact) mass is 284 g/mol. The Hall–Kier alpha value is -1.05. The number of furan rings is 1.